The van der Waals surface area contributed by atoms with Crippen molar-refractivity contribution in [3.8, 4) is 0 Å². The zero-order valence-corrected chi connectivity index (χ0v) is 9.93. The third-order valence-electron chi connectivity index (χ3n) is 3.28. The van der Waals surface area contributed by atoms with Crippen LogP contribution in [-0.2, 0) is 6.42 Å². The van der Waals surface area contributed by atoms with Crippen molar-refractivity contribution in [3.63, 3.8) is 0 Å². The zero-order valence-electron chi connectivity index (χ0n) is 9.18. The second kappa shape index (κ2) is 4.03. The highest BCUT2D eigenvalue weighted by molar-refractivity contribution is 6.31. The highest BCUT2D eigenvalue weighted by Gasteiger charge is 2.27. The molecule has 1 heterocycles. The third-order valence-corrected chi connectivity index (χ3v) is 3.63. The molecular formula is C12H17ClN2. The highest BCUT2D eigenvalue weighted by atomic mass is 35.5. The summed E-state index contributed by atoms with van der Waals surface area (Å²) in [5.41, 5.74) is 9.42. The minimum Gasteiger partial charge on any atom is -0.381 e. The number of hydrogen-bond donors (Lipinski definition) is 2. The molecule has 2 unspecified atom stereocenters. The second-order valence-electron chi connectivity index (χ2n) is 4.39. The van der Waals surface area contributed by atoms with E-state index in [1.165, 1.54) is 16.8 Å². The molecule has 0 amide bonds. The van der Waals surface area contributed by atoms with Crippen molar-refractivity contribution in [2.45, 2.75) is 26.3 Å². The van der Waals surface area contributed by atoms with Crippen LogP contribution in [0.25, 0.3) is 0 Å². The molecule has 0 saturated heterocycles. The molecule has 1 aromatic rings. The van der Waals surface area contributed by atoms with Gasteiger partial charge >= 0.3 is 0 Å². The van der Waals surface area contributed by atoms with Gasteiger partial charge in [-0.15, -0.1) is 0 Å². The fourth-order valence-corrected chi connectivity index (χ4v) is 2.34. The molecule has 82 valence electrons. The van der Waals surface area contributed by atoms with Crippen LogP contribution in [0.4, 0.5) is 5.69 Å². The van der Waals surface area contributed by atoms with E-state index < -0.39 is 0 Å². The van der Waals surface area contributed by atoms with Crippen LogP contribution < -0.4 is 11.1 Å². The molecule has 1 aliphatic rings. The van der Waals surface area contributed by atoms with E-state index in [0.717, 1.165) is 11.4 Å². The van der Waals surface area contributed by atoms with Crippen LogP contribution in [0.15, 0.2) is 12.1 Å². The average molecular weight is 225 g/mol. The van der Waals surface area contributed by atoms with Gasteiger partial charge in [-0.05, 0) is 43.0 Å². The Hall–Kier alpha value is -0.730. The molecule has 1 aliphatic heterocycles. The fourth-order valence-electron chi connectivity index (χ4n) is 2.10. The van der Waals surface area contributed by atoms with E-state index in [1.807, 2.05) is 6.07 Å². The summed E-state index contributed by atoms with van der Waals surface area (Å²) in [4.78, 5) is 0. The molecule has 2 nitrogen and oxygen atoms in total. The van der Waals surface area contributed by atoms with E-state index in [2.05, 4.69) is 25.2 Å². The van der Waals surface area contributed by atoms with Crippen LogP contribution in [0, 0.1) is 12.8 Å². The van der Waals surface area contributed by atoms with E-state index >= 15 is 0 Å². The number of nitrogens with one attached hydrogen (secondary N) is 1. The Morgan fingerprint density at radius 2 is 2.33 bits per heavy atom. The first-order valence-corrected chi connectivity index (χ1v) is 5.76. The number of aryl methyl sites for hydroxylation is 1. The summed E-state index contributed by atoms with van der Waals surface area (Å²) >= 11 is 6.18. The van der Waals surface area contributed by atoms with Gasteiger partial charge in [-0.2, -0.15) is 0 Å². The molecule has 2 rings (SSSR count). The summed E-state index contributed by atoms with van der Waals surface area (Å²) in [5.74, 6) is 0.480. The number of halogens is 1. The van der Waals surface area contributed by atoms with Gasteiger partial charge in [-0.25, -0.2) is 0 Å². The number of fused-ring (bicyclic) bond motifs is 1. The van der Waals surface area contributed by atoms with Crippen molar-refractivity contribution in [3.05, 3.63) is 28.3 Å². The largest absolute Gasteiger partial charge is 0.381 e. The Morgan fingerprint density at radius 1 is 1.60 bits per heavy atom. The Balaban J connectivity index is 2.30. The lowest BCUT2D eigenvalue weighted by Gasteiger charge is -2.18. The summed E-state index contributed by atoms with van der Waals surface area (Å²) in [6, 6.07) is 4.47. The molecule has 0 aliphatic carbocycles. The lowest BCUT2D eigenvalue weighted by molar-refractivity contribution is 0.503. The zero-order chi connectivity index (χ0) is 11.0. The Kier molecular flexibility index (Phi) is 2.89. The standard InChI is InChI=1S/C12H17ClN2/c1-7-3-4-10(13)9-5-11(8(2)6-14)15-12(7)9/h3-4,8,11,15H,5-6,14H2,1-2H3. The molecule has 0 bridgehead atoms. The van der Waals surface area contributed by atoms with Gasteiger partial charge in [0.2, 0.25) is 0 Å². The number of hydrogen-bond acceptors (Lipinski definition) is 2. The van der Waals surface area contributed by atoms with Crippen molar-refractivity contribution >= 4 is 17.3 Å². The van der Waals surface area contributed by atoms with Gasteiger partial charge < -0.3 is 11.1 Å². The van der Waals surface area contributed by atoms with Crippen LogP contribution in [0.5, 0.6) is 0 Å². The maximum Gasteiger partial charge on any atom is 0.0459 e. The van der Waals surface area contributed by atoms with Gasteiger partial charge in [-0.3, -0.25) is 0 Å². The maximum absolute atomic E-state index is 6.18. The van der Waals surface area contributed by atoms with Crippen LogP contribution in [0.2, 0.25) is 5.02 Å². The van der Waals surface area contributed by atoms with Crippen molar-refractivity contribution in [1.29, 1.82) is 0 Å². The maximum atomic E-state index is 6.18. The summed E-state index contributed by atoms with van der Waals surface area (Å²) in [6.45, 7) is 4.99. The number of nitrogens with two attached hydrogens (primary N) is 1. The summed E-state index contributed by atoms with van der Waals surface area (Å²) in [6.07, 6.45) is 0.994. The van der Waals surface area contributed by atoms with Gasteiger partial charge in [0.1, 0.15) is 0 Å². The molecular weight excluding hydrogens is 208 g/mol. The number of benzene rings is 1. The Bertz CT molecular complexity index is 345. The van der Waals surface area contributed by atoms with Crippen LogP contribution in [-0.4, -0.2) is 12.6 Å². The third kappa shape index (κ3) is 1.84. The van der Waals surface area contributed by atoms with Crippen LogP contribution in [0.1, 0.15) is 18.1 Å². The van der Waals surface area contributed by atoms with Gasteiger partial charge in [0, 0.05) is 16.8 Å². The molecule has 0 aromatic heterocycles. The molecule has 15 heavy (non-hydrogen) atoms. The smallest absolute Gasteiger partial charge is 0.0459 e. The van der Waals surface area contributed by atoms with Crippen LogP contribution in [0.3, 0.4) is 0 Å². The lowest BCUT2D eigenvalue weighted by atomic mass is 9.98. The van der Waals surface area contributed by atoms with E-state index in [9.17, 15) is 0 Å². The SMILES string of the molecule is Cc1ccc(Cl)c2c1NC(C(C)CN)C2. The average Bonchev–Trinajstić information content (AvgIpc) is 2.68. The first-order valence-electron chi connectivity index (χ1n) is 5.38. The van der Waals surface area contributed by atoms with E-state index in [0.29, 0.717) is 18.5 Å². The quantitative estimate of drug-likeness (QED) is 0.811. The number of anilines is 1. The Morgan fingerprint density at radius 3 is 2.93 bits per heavy atom. The molecule has 0 saturated carbocycles. The fraction of sp³-hybridized carbons (Fsp3) is 0.500. The predicted molar refractivity (Wildman–Crippen MR) is 65.5 cm³/mol. The van der Waals surface area contributed by atoms with Crippen molar-refractivity contribution < 1.29 is 0 Å². The van der Waals surface area contributed by atoms with Gasteiger partial charge in [0.15, 0.2) is 0 Å². The monoisotopic (exact) mass is 224 g/mol. The molecule has 3 heteroatoms. The van der Waals surface area contributed by atoms with E-state index in [-0.39, 0.29) is 0 Å². The van der Waals surface area contributed by atoms with E-state index in [4.69, 9.17) is 17.3 Å². The van der Waals surface area contributed by atoms with Gasteiger partial charge in [0.05, 0.1) is 0 Å². The summed E-state index contributed by atoms with van der Waals surface area (Å²) in [5, 5.41) is 4.40. The first-order chi connectivity index (χ1) is 7.13. The summed E-state index contributed by atoms with van der Waals surface area (Å²) < 4.78 is 0. The van der Waals surface area contributed by atoms with Gasteiger partial charge in [0.25, 0.3) is 0 Å². The molecule has 0 spiro atoms. The van der Waals surface area contributed by atoms with Crippen molar-refractivity contribution in [2.75, 3.05) is 11.9 Å². The molecule has 2 atom stereocenters. The molecule has 3 N–H and O–H groups in total. The highest BCUT2D eigenvalue weighted by Crippen LogP contribution is 2.36. The minimum absolute atomic E-state index is 0.434. The topological polar surface area (TPSA) is 38.0 Å². The molecule has 0 fully saturated rings. The minimum atomic E-state index is 0.434. The van der Waals surface area contributed by atoms with Crippen LogP contribution >= 0.6 is 11.6 Å². The predicted octanol–water partition coefficient (Wildman–Crippen LogP) is 2.58. The molecule has 0 radical (unpaired) electrons. The lowest BCUT2D eigenvalue weighted by Crippen LogP contribution is -2.30. The molecule has 1 aromatic carbocycles. The normalized spacial score (nSPS) is 20.9. The Labute approximate surface area is 95.8 Å². The van der Waals surface area contributed by atoms with Crippen molar-refractivity contribution in [1.82, 2.24) is 0 Å². The second-order valence-corrected chi connectivity index (χ2v) is 4.79. The van der Waals surface area contributed by atoms with Gasteiger partial charge in [-0.1, -0.05) is 24.6 Å². The number of rotatable bonds is 2. The van der Waals surface area contributed by atoms with Crippen molar-refractivity contribution in [2.24, 2.45) is 11.7 Å². The first kappa shape index (κ1) is 10.8. The summed E-state index contributed by atoms with van der Waals surface area (Å²) in [7, 11) is 0. The van der Waals surface area contributed by atoms with E-state index in [1.54, 1.807) is 0 Å².